The number of rotatable bonds is 5. The number of carbonyl (C=O) groups excluding carboxylic acids is 2. The van der Waals surface area contributed by atoms with Crippen LogP contribution in [0.3, 0.4) is 0 Å². The van der Waals surface area contributed by atoms with Crippen molar-refractivity contribution in [2.75, 3.05) is 20.2 Å². The summed E-state index contributed by atoms with van der Waals surface area (Å²) in [7, 11) is 1.53. The maximum atomic E-state index is 14.4. The number of phenolic OH excluding ortho intramolecular Hbond substituents is 1. The maximum absolute atomic E-state index is 14.4. The molecule has 5 nitrogen and oxygen atoms in total. The van der Waals surface area contributed by atoms with Gasteiger partial charge in [-0.15, -0.1) is 11.3 Å². The minimum absolute atomic E-state index is 0.0334. The number of fused-ring (bicyclic) bond motifs is 1. The van der Waals surface area contributed by atoms with Gasteiger partial charge in [0.1, 0.15) is 11.6 Å². The summed E-state index contributed by atoms with van der Waals surface area (Å²) in [5.74, 6) is -0.493. The molecule has 156 valence electrons. The monoisotopic (exact) mass is 427 g/mol. The molecule has 0 radical (unpaired) electrons. The Morgan fingerprint density at radius 1 is 1.17 bits per heavy atom. The van der Waals surface area contributed by atoms with Crippen molar-refractivity contribution in [3.8, 4) is 5.75 Å². The minimum atomic E-state index is -0.354. The molecule has 1 aliphatic rings. The number of Topliss-reactive ketones (excluding diaryl/α,β-unsaturated/α-hetero) is 1. The quantitative estimate of drug-likeness (QED) is 0.603. The fourth-order valence-electron chi connectivity index (χ4n) is 3.97. The lowest BCUT2D eigenvalue weighted by molar-refractivity contribution is 0.0651. The van der Waals surface area contributed by atoms with E-state index in [1.54, 1.807) is 23.1 Å². The SMILES string of the molecule is COCc1c(C(=O)N2CCC(C(=O)c3ccc(O)cc3)CC2)sc2cccc(F)c12. The standard InChI is InChI=1S/C23H22FNO4S/c1-29-13-17-20-18(24)3-2-4-19(20)30-22(17)23(28)25-11-9-15(10-12-25)21(27)14-5-7-16(26)8-6-14/h2-8,15,26H,9-13H2,1H3. The number of likely N-dealkylation sites (tertiary alicyclic amines) is 1. The van der Waals surface area contributed by atoms with Gasteiger partial charge in [0, 0.05) is 47.3 Å². The van der Waals surface area contributed by atoms with Crippen molar-refractivity contribution in [2.45, 2.75) is 19.4 Å². The van der Waals surface area contributed by atoms with Crippen LogP contribution in [0.15, 0.2) is 42.5 Å². The number of phenols is 1. The van der Waals surface area contributed by atoms with Crippen molar-refractivity contribution in [2.24, 2.45) is 5.92 Å². The molecular weight excluding hydrogens is 405 g/mol. The van der Waals surface area contributed by atoms with Crippen LogP contribution in [0.5, 0.6) is 5.75 Å². The van der Waals surface area contributed by atoms with Crippen LogP contribution in [0.1, 0.15) is 38.4 Å². The summed E-state index contributed by atoms with van der Waals surface area (Å²) >= 11 is 1.28. The lowest BCUT2D eigenvalue weighted by Gasteiger charge is -2.31. The van der Waals surface area contributed by atoms with E-state index >= 15 is 0 Å². The van der Waals surface area contributed by atoms with Gasteiger partial charge in [-0.2, -0.15) is 0 Å². The molecule has 0 saturated carbocycles. The van der Waals surface area contributed by atoms with Gasteiger partial charge in [0.15, 0.2) is 5.78 Å². The molecule has 2 aromatic carbocycles. The average Bonchev–Trinajstić information content (AvgIpc) is 3.13. The summed E-state index contributed by atoms with van der Waals surface area (Å²) in [6.07, 6.45) is 1.15. The van der Waals surface area contributed by atoms with Gasteiger partial charge in [0.2, 0.25) is 0 Å². The summed E-state index contributed by atoms with van der Waals surface area (Å²) in [6, 6.07) is 11.1. The highest BCUT2D eigenvalue weighted by Gasteiger charge is 2.31. The summed E-state index contributed by atoms with van der Waals surface area (Å²) in [5.41, 5.74) is 1.16. The molecule has 1 N–H and O–H groups in total. The van der Waals surface area contributed by atoms with Crippen molar-refractivity contribution in [1.29, 1.82) is 0 Å². The molecule has 7 heteroatoms. The van der Waals surface area contributed by atoms with Gasteiger partial charge >= 0.3 is 0 Å². The van der Waals surface area contributed by atoms with E-state index in [0.29, 0.717) is 47.3 Å². The van der Waals surface area contributed by atoms with E-state index < -0.39 is 0 Å². The largest absolute Gasteiger partial charge is 0.508 e. The van der Waals surface area contributed by atoms with Crippen molar-refractivity contribution in [1.82, 2.24) is 4.90 Å². The molecule has 2 heterocycles. The lowest BCUT2D eigenvalue weighted by atomic mass is 9.88. The molecule has 1 saturated heterocycles. The number of carbonyl (C=O) groups is 2. The van der Waals surface area contributed by atoms with E-state index in [2.05, 4.69) is 0 Å². The first-order chi connectivity index (χ1) is 14.5. The molecule has 0 bridgehead atoms. The Labute approximate surface area is 177 Å². The third kappa shape index (κ3) is 3.82. The minimum Gasteiger partial charge on any atom is -0.508 e. The predicted molar refractivity (Wildman–Crippen MR) is 114 cm³/mol. The molecule has 1 amide bonds. The van der Waals surface area contributed by atoms with Gasteiger partial charge in [-0.25, -0.2) is 4.39 Å². The van der Waals surface area contributed by atoms with E-state index in [1.165, 1.54) is 36.6 Å². The summed E-state index contributed by atoms with van der Waals surface area (Å²) in [4.78, 5) is 28.2. The van der Waals surface area contributed by atoms with Crippen LogP contribution < -0.4 is 0 Å². The first kappa shape index (κ1) is 20.5. The Bertz CT molecular complexity index is 1080. The highest BCUT2D eigenvalue weighted by atomic mass is 32.1. The van der Waals surface area contributed by atoms with Crippen LogP contribution in [-0.4, -0.2) is 41.9 Å². The normalized spacial score (nSPS) is 14.9. The van der Waals surface area contributed by atoms with Crippen LogP contribution in [-0.2, 0) is 11.3 Å². The Kier molecular flexibility index (Phi) is 5.83. The predicted octanol–water partition coefficient (Wildman–Crippen LogP) is 4.63. The third-order valence-electron chi connectivity index (χ3n) is 5.55. The van der Waals surface area contributed by atoms with Crippen molar-refractivity contribution < 1.29 is 23.8 Å². The number of thiophene rings is 1. The molecule has 0 atom stereocenters. The summed E-state index contributed by atoms with van der Waals surface area (Å²) < 4.78 is 20.4. The Morgan fingerprint density at radius 3 is 2.53 bits per heavy atom. The Morgan fingerprint density at radius 2 is 1.87 bits per heavy atom. The number of halogens is 1. The highest BCUT2D eigenvalue weighted by molar-refractivity contribution is 7.21. The summed E-state index contributed by atoms with van der Waals surface area (Å²) in [5, 5.41) is 9.85. The molecule has 0 unspecified atom stereocenters. The van der Waals surface area contributed by atoms with Crippen LogP contribution in [0.25, 0.3) is 10.1 Å². The van der Waals surface area contributed by atoms with Crippen LogP contribution in [0.4, 0.5) is 4.39 Å². The smallest absolute Gasteiger partial charge is 0.264 e. The number of aromatic hydroxyl groups is 1. The van der Waals surface area contributed by atoms with Crippen molar-refractivity contribution in [3.05, 3.63) is 64.3 Å². The number of ketones is 1. The average molecular weight is 427 g/mol. The fourth-order valence-corrected chi connectivity index (χ4v) is 5.16. The molecule has 1 aromatic heterocycles. The Hall–Kier alpha value is -2.77. The van der Waals surface area contributed by atoms with Gasteiger partial charge in [-0.3, -0.25) is 9.59 Å². The number of hydrogen-bond acceptors (Lipinski definition) is 5. The number of benzene rings is 2. The number of amides is 1. The zero-order valence-corrected chi connectivity index (χ0v) is 17.4. The molecule has 0 aliphatic carbocycles. The van der Waals surface area contributed by atoms with Gasteiger partial charge < -0.3 is 14.7 Å². The maximum Gasteiger partial charge on any atom is 0.264 e. The number of hydrogen-bond donors (Lipinski definition) is 1. The van der Waals surface area contributed by atoms with E-state index in [4.69, 9.17) is 4.74 Å². The van der Waals surface area contributed by atoms with Crippen molar-refractivity contribution >= 4 is 33.1 Å². The second-order valence-corrected chi connectivity index (χ2v) is 8.49. The number of nitrogens with zero attached hydrogens (tertiary/aromatic N) is 1. The molecule has 1 fully saturated rings. The van der Waals surface area contributed by atoms with Crippen LogP contribution in [0.2, 0.25) is 0 Å². The third-order valence-corrected chi connectivity index (χ3v) is 6.74. The number of ether oxygens (including phenoxy) is 1. The number of piperidine rings is 1. The van der Waals surface area contributed by atoms with Gasteiger partial charge in [-0.05, 0) is 49.2 Å². The zero-order valence-electron chi connectivity index (χ0n) is 16.6. The second-order valence-electron chi connectivity index (χ2n) is 7.43. The molecule has 0 spiro atoms. The van der Waals surface area contributed by atoms with E-state index in [0.717, 1.165) is 4.70 Å². The van der Waals surface area contributed by atoms with E-state index in [9.17, 15) is 19.1 Å². The van der Waals surface area contributed by atoms with Gasteiger partial charge in [0.05, 0.1) is 11.5 Å². The number of methoxy groups -OCH3 is 1. The lowest BCUT2D eigenvalue weighted by Crippen LogP contribution is -2.40. The van der Waals surface area contributed by atoms with Crippen LogP contribution in [0, 0.1) is 11.7 Å². The second kappa shape index (κ2) is 8.53. The topological polar surface area (TPSA) is 66.8 Å². The molecule has 4 rings (SSSR count). The van der Waals surface area contributed by atoms with E-state index in [1.807, 2.05) is 6.07 Å². The molecule has 3 aromatic rings. The first-order valence-electron chi connectivity index (χ1n) is 9.81. The van der Waals surface area contributed by atoms with Crippen molar-refractivity contribution in [3.63, 3.8) is 0 Å². The summed E-state index contributed by atoms with van der Waals surface area (Å²) in [6.45, 7) is 1.10. The Balaban J connectivity index is 1.51. The van der Waals surface area contributed by atoms with Gasteiger partial charge in [0.25, 0.3) is 5.91 Å². The molecular formula is C23H22FNO4S. The highest BCUT2D eigenvalue weighted by Crippen LogP contribution is 2.35. The molecule has 1 aliphatic heterocycles. The zero-order chi connectivity index (χ0) is 21.3. The van der Waals surface area contributed by atoms with E-state index in [-0.39, 0.29) is 35.8 Å². The molecule has 30 heavy (non-hydrogen) atoms. The van der Waals surface area contributed by atoms with Crippen LogP contribution >= 0.6 is 11.3 Å². The first-order valence-corrected chi connectivity index (χ1v) is 10.6. The van der Waals surface area contributed by atoms with Gasteiger partial charge in [-0.1, -0.05) is 6.07 Å². The fraction of sp³-hybridized carbons (Fsp3) is 0.304.